The van der Waals surface area contributed by atoms with Crippen LogP contribution >= 0.6 is 0 Å². The largest absolute Gasteiger partial charge is 0.343 e. The van der Waals surface area contributed by atoms with E-state index in [1.807, 2.05) is 23.6 Å². The lowest BCUT2D eigenvalue weighted by Gasteiger charge is -2.42. The summed E-state index contributed by atoms with van der Waals surface area (Å²) >= 11 is 0. The van der Waals surface area contributed by atoms with Crippen LogP contribution in [0.2, 0.25) is 0 Å². The van der Waals surface area contributed by atoms with E-state index >= 15 is 0 Å². The van der Waals surface area contributed by atoms with Crippen molar-refractivity contribution in [1.29, 1.82) is 0 Å². The Morgan fingerprint density at radius 3 is 2.35 bits per heavy atom. The highest BCUT2D eigenvalue weighted by Gasteiger charge is 2.40. The Kier molecular flexibility index (Phi) is 5.01. The second kappa shape index (κ2) is 7.38. The van der Waals surface area contributed by atoms with Crippen LogP contribution < -0.4 is 16.2 Å². The molecule has 136 valence electrons. The lowest BCUT2D eigenvalue weighted by atomic mass is 9.74. The monoisotopic (exact) mass is 362 g/mol. The highest BCUT2D eigenvalue weighted by atomic mass is 19.3. The topological polar surface area (TPSA) is 109 Å². The summed E-state index contributed by atoms with van der Waals surface area (Å²) in [6.07, 6.45) is 3.80. The molecule has 0 aliphatic heterocycles. The summed E-state index contributed by atoms with van der Waals surface area (Å²) in [6, 6.07) is 5.68. The fourth-order valence-corrected chi connectivity index (χ4v) is 2.59. The fourth-order valence-electron chi connectivity index (χ4n) is 2.59. The Morgan fingerprint density at radius 2 is 1.81 bits per heavy atom. The van der Waals surface area contributed by atoms with E-state index in [0.29, 0.717) is 5.95 Å². The van der Waals surface area contributed by atoms with Crippen molar-refractivity contribution in [1.82, 2.24) is 25.8 Å². The Bertz CT molecular complexity index is 781. The number of hydrazine groups is 1. The summed E-state index contributed by atoms with van der Waals surface area (Å²) in [4.78, 5) is 35.1. The van der Waals surface area contributed by atoms with Gasteiger partial charge in [-0.2, -0.15) is 8.78 Å². The quantitative estimate of drug-likeness (QED) is 0.694. The summed E-state index contributed by atoms with van der Waals surface area (Å²) in [7, 11) is 0. The molecule has 1 fully saturated rings. The van der Waals surface area contributed by atoms with Crippen LogP contribution in [0.4, 0.5) is 14.7 Å². The number of nitrogens with zero attached hydrogens (tertiary/aromatic N) is 3. The highest BCUT2D eigenvalue weighted by molar-refractivity contribution is 5.95. The Morgan fingerprint density at radius 1 is 1.08 bits per heavy atom. The number of aromatic nitrogens is 3. The number of carbonyl (C=O) groups excluding carboxylic acids is 2. The molecule has 1 saturated carbocycles. The lowest BCUT2D eigenvalue weighted by molar-refractivity contribution is -0.132. The van der Waals surface area contributed by atoms with Crippen molar-refractivity contribution in [3.8, 4) is 0 Å². The molecule has 8 nitrogen and oxygen atoms in total. The Balaban J connectivity index is 1.64. The normalized spacial score (nSPS) is 15.0. The molecular weight excluding hydrogens is 346 g/mol. The van der Waals surface area contributed by atoms with Gasteiger partial charge < -0.3 is 5.32 Å². The molecule has 0 unspecified atom stereocenters. The number of alkyl halides is 2. The number of rotatable bonds is 5. The Hall–Kier alpha value is -3.17. The molecule has 2 amide bonds. The predicted octanol–water partition coefficient (Wildman–Crippen LogP) is 1.39. The third-order valence-electron chi connectivity index (χ3n) is 4.12. The standard InChI is InChI=1S/C16H16F2N6O2/c17-12(18)14(26)24-23-13(25)10-8-20-15(21-9-10)22-16(5-3-6-16)11-4-1-2-7-19-11/h1-2,4,7-9,12H,3,5-6H2,(H,23,25)(H,24,26)(H,20,21,22). The number of anilines is 1. The number of nitrogens with one attached hydrogen (secondary N) is 3. The maximum absolute atomic E-state index is 12.1. The van der Waals surface area contributed by atoms with Gasteiger partial charge in [-0.15, -0.1) is 0 Å². The summed E-state index contributed by atoms with van der Waals surface area (Å²) in [6.45, 7) is 0. The van der Waals surface area contributed by atoms with E-state index in [1.54, 1.807) is 11.6 Å². The molecule has 0 spiro atoms. The first-order chi connectivity index (χ1) is 12.5. The molecular formula is C16H16F2N6O2. The van der Waals surface area contributed by atoms with Gasteiger partial charge in [-0.05, 0) is 31.4 Å². The van der Waals surface area contributed by atoms with E-state index in [2.05, 4.69) is 20.3 Å². The van der Waals surface area contributed by atoms with Crippen LogP contribution in [0, 0.1) is 0 Å². The van der Waals surface area contributed by atoms with Crippen LogP contribution in [0.25, 0.3) is 0 Å². The molecule has 0 aromatic carbocycles. The van der Waals surface area contributed by atoms with Crippen molar-refractivity contribution >= 4 is 17.8 Å². The minimum Gasteiger partial charge on any atom is -0.343 e. The number of carbonyl (C=O) groups is 2. The van der Waals surface area contributed by atoms with Crippen LogP contribution in [0.3, 0.4) is 0 Å². The number of amides is 2. The van der Waals surface area contributed by atoms with E-state index in [0.717, 1.165) is 25.0 Å². The SMILES string of the molecule is O=C(NNC(=O)C(F)F)c1cnc(NC2(c3ccccn3)CCC2)nc1. The maximum atomic E-state index is 12.1. The fraction of sp³-hybridized carbons (Fsp3) is 0.312. The molecule has 0 radical (unpaired) electrons. The van der Waals surface area contributed by atoms with Crippen LogP contribution in [0.15, 0.2) is 36.8 Å². The van der Waals surface area contributed by atoms with Gasteiger partial charge >= 0.3 is 12.3 Å². The van der Waals surface area contributed by atoms with Gasteiger partial charge in [-0.25, -0.2) is 9.97 Å². The van der Waals surface area contributed by atoms with E-state index < -0.39 is 18.2 Å². The highest BCUT2D eigenvalue weighted by Crippen LogP contribution is 2.42. The van der Waals surface area contributed by atoms with Crippen molar-refractivity contribution in [3.05, 3.63) is 48.0 Å². The van der Waals surface area contributed by atoms with Crippen molar-refractivity contribution in [2.45, 2.75) is 31.2 Å². The van der Waals surface area contributed by atoms with Crippen molar-refractivity contribution < 1.29 is 18.4 Å². The molecule has 3 N–H and O–H groups in total. The average molecular weight is 362 g/mol. The van der Waals surface area contributed by atoms with Crippen LogP contribution in [0.1, 0.15) is 35.3 Å². The summed E-state index contributed by atoms with van der Waals surface area (Å²) in [5, 5.41) is 3.25. The Labute approximate surface area is 147 Å². The lowest BCUT2D eigenvalue weighted by Crippen LogP contribution is -2.44. The zero-order chi connectivity index (χ0) is 18.6. The first-order valence-electron chi connectivity index (χ1n) is 7.90. The zero-order valence-corrected chi connectivity index (χ0v) is 13.6. The molecule has 0 saturated heterocycles. The van der Waals surface area contributed by atoms with E-state index in [1.165, 1.54) is 12.4 Å². The van der Waals surface area contributed by atoms with E-state index in [-0.39, 0.29) is 11.1 Å². The van der Waals surface area contributed by atoms with Gasteiger partial charge in [0.2, 0.25) is 5.95 Å². The van der Waals surface area contributed by atoms with Gasteiger partial charge in [-0.1, -0.05) is 6.07 Å². The van der Waals surface area contributed by atoms with Crippen molar-refractivity contribution in [2.75, 3.05) is 5.32 Å². The van der Waals surface area contributed by atoms with Gasteiger partial charge in [-0.3, -0.25) is 25.4 Å². The van der Waals surface area contributed by atoms with Gasteiger partial charge in [0.05, 0.1) is 16.8 Å². The van der Waals surface area contributed by atoms with Gasteiger partial charge in [0.15, 0.2) is 0 Å². The first kappa shape index (κ1) is 17.6. The summed E-state index contributed by atoms with van der Waals surface area (Å²) < 4.78 is 24.1. The molecule has 0 atom stereocenters. The van der Waals surface area contributed by atoms with Gasteiger partial charge in [0.25, 0.3) is 5.91 Å². The third kappa shape index (κ3) is 3.73. The molecule has 10 heteroatoms. The number of halogens is 2. The second-order valence-corrected chi connectivity index (χ2v) is 5.82. The van der Waals surface area contributed by atoms with E-state index in [4.69, 9.17) is 0 Å². The molecule has 2 heterocycles. The predicted molar refractivity (Wildman–Crippen MR) is 87.0 cm³/mol. The summed E-state index contributed by atoms with van der Waals surface area (Å²) in [5.41, 5.74) is 4.05. The smallest absolute Gasteiger partial charge is 0.317 e. The minimum absolute atomic E-state index is 0.0191. The van der Waals surface area contributed by atoms with Crippen molar-refractivity contribution in [3.63, 3.8) is 0 Å². The molecule has 1 aliphatic carbocycles. The minimum atomic E-state index is -3.22. The molecule has 2 aromatic rings. The molecule has 26 heavy (non-hydrogen) atoms. The maximum Gasteiger partial charge on any atom is 0.317 e. The van der Waals surface area contributed by atoms with E-state index in [9.17, 15) is 18.4 Å². The van der Waals surface area contributed by atoms with Gasteiger partial charge in [0, 0.05) is 18.6 Å². The molecule has 3 rings (SSSR count). The number of hydrogen-bond donors (Lipinski definition) is 3. The molecule has 1 aliphatic rings. The molecule has 2 aromatic heterocycles. The van der Waals surface area contributed by atoms with Crippen LogP contribution in [0.5, 0.6) is 0 Å². The van der Waals surface area contributed by atoms with Crippen LogP contribution in [-0.4, -0.2) is 33.2 Å². The molecule has 0 bridgehead atoms. The zero-order valence-electron chi connectivity index (χ0n) is 13.6. The average Bonchev–Trinajstić information content (AvgIpc) is 2.63. The summed E-state index contributed by atoms with van der Waals surface area (Å²) in [5.74, 6) is -2.07. The van der Waals surface area contributed by atoms with Crippen molar-refractivity contribution in [2.24, 2.45) is 0 Å². The second-order valence-electron chi connectivity index (χ2n) is 5.82. The van der Waals surface area contributed by atoms with Crippen LogP contribution in [-0.2, 0) is 10.3 Å². The first-order valence-corrected chi connectivity index (χ1v) is 7.90. The number of hydrogen-bond acceptors (Lipinski definition) is 6. The number of pyridine rings is 1. The third-order valence-corrected chi connectivity index (χ3v) is 4.12. The van der Waals surface area contributed by atoms with Gasteiger partial charge in [0.1, 0.15) is 0 Å².